The molecular weight excluding hydrogens is 286 g/mol. The highest BCUT2D eigenvalue weighted by atomic mass is 19.1. The number of carbonyl (C=O) groups is 1. The summed E-state index contributed by atoms with van der Waals surface area (Å²) >= 11 is 0. The molecule has 0 aliphatic heterocycles. The second kappa shape index (κ2) is 5.53. The van der Waals surface area contributed by atoms with Crippen molar-refractivity contribution in [2.24, 2.45) is 0 Å². The fourth-order valence-electron chi connectivity index (χ4n) is 1.69. The molecule has 0 aliphatic carbocycles. The average Bonchev–Trinajstić information content (AvgIpc) is 2.37. The SMILES string of the molecule is O=C(Nc1cc(F)cc(F)c1)c1cccc([N+](=O)[O-])c1O. The van der Waals surface area contributed by atoms with Crippen LogP contribution in [0.4, 0.5) is 20.2 Å². The normalized spacial score (nSPS) is 10.2. The number of nitrogens with one attached hydrogen (secondary N) is 1. The van der Waals surface area contributed by atoms with Gasteiger partial charge in [-0.3, -0.25) is 14.9 Å². The lowest BCUT2D eigenvalue weighted by Gasteiger charge is -2.07. The minimum Gasteiger partial charge on any atom is -0.502 e. The molecule has 0 atom stereocenters. The van der Waals surface area contributed by atoms with E-state index in [-0.39, 0.29) is 11.3 Å². The zero-order chi connectivity index (χ0) is 15.6. The fourth-order valence-corrected chi connectivity index (χ4v) is 1.69. The van der Waals surface area contributed by atoms with E-state index in [0.29, 0.717) is 6.07 Å². The lowest BCUT2D eigenvalue weighted by molar-refractivity contribution is -0.385. The van der Waals surface area contributed by atoms with Crippen LogP contribution >= 0.6 is 0 Å². The van der Waals surface area contributed by atoms with Gasteiger partial charge in [0.05, 0.1) is 10.5 Å². The van der Waals surface area contributed by atoms with E-state index >= 15 is 0 Å². The number of rotatable bonds is 3. The quantitative estimate of drug-likeness (QED) is 0.672. The number of halogens is 2. The number of amides is 1. The van der Waals surface area contributed by atoms with E-state index in [4.69, 9.17) is 0 Å². The number of anilines is 1. The Morgan fingerprint density at radius 1 is 1.19 bits per heavy atom. The van der Waals surface area contributed by atoms with Crippen LogP contribution in [-0.4, -0.2) is 15.9 Å². The van der Waals surface area contributed by atoms with Gasteiger partial charge in [-0.2, -0.15) is 0 Å². The van der Waals surface area contributed by atoms with Gasteiger partial charge >= 0.3 is 5.69 Å². The van der Waals surface area contributed by atoms with Gasteiger partial charge in [-0.15, -0.1) is 0 Å². The molecule has 2 aromatic rings. The van der Waals surface area contributed by atoms with Crippen molar-refractivity contribution in [3.8, 4) is 5.75 Å². The summed E-state index contributed by atoms with van der Waals surface area (Å²) in [6.45, 7) is 0. The summed E-state index contributed by atoms with van der Waals surface area (Å²) in [5.41, 5.74) is -1.20. The van der Waals surface area contributed by atoms with Gasteiger partial charge < -0.3 is 10.4 Å². The molecule has 8 heteroatoms. The van der Waals surface area contributed by atoms with Crippen LogP contribution in [0.5, 0.6) is 5.75 Å². The molecule has 2 rings (SSSR count). The maximum Gasteiger partial charge on any atom is 0.311 e. The van der Waals surface area contributed by atoms with Crippen molar-refractivity contribution in [1.29, 1.82) is 0 Å². The zero-order valence-electron chi connectivity index (χ0n) is 10.3. The summed E-state index contributed by atoms with van der Waals surface area (Å²) < 4.78 is 26.0. The van der Waals surface area contributed by atoms with Crippen LogP contribution in [0.25, 0.3) is 0 Å². The second-order valence-electron chi connectivity index (χ2n) is 4.04. The molecular formula is C13H8F2N2O4. The summed E-state index contributed by atoms with van der Waals surface area (Å²) in [4.78, 5) is 21.7. The average molecular weight is 294 g/mol. The topological polar surface area (TPSA) is 92.5 Å². The Labute approximate surface area is 116 Å². The highest BCUT2D eigenvalue weighted by Crippen LogP contribution is 2.29. The first-order chi connectivity index (χ1) is 9.88. The lowest BCUT2D eigenvalue weighted by atomic mass is 10.1. The highest BCUT2D eigenvalue weighted by Gasteiger charge is 2.21. The van der Waals surface area contributed by atoms with Crippen LogP contribution in [0, 0.1) is 21.7 Å². The van der Waals surface area contributed by atoms with Crippen molar-refractivity contribution < 1.29 is 23.6 Å². The van der Waals surface area contributed by atoms with E-state index in [9.17, 15) is 28.8 Å². The van der Waals surface area contributed by atoms with Gasteiger partial charge in [0.2, 0.25) is 5.75 Å². The van der Waals surface area contributed by atoms with Gasteiger partial charge in [0.15, 0.2) is 0 Å². The van der Waals surface area contributed by atoms with Crippen LogP contribution in [-0.2, 0) is 0 Å². The molecule has 2 aromatic carbocycles. The summed E-state index contributed by atoms with van der Waals surface area (Å²) in [5.74, 6) is -3.54. The maximum atomic E-state index is 13.0. The number of benzene rings is 2. The zero-order valence-corrected chi connectivity index (χ0v) is 10.3. The molecule has 2 N–H and O–H groups in total. The first-order valence-electron chi connectivity index (χ1n) is 5.62. The third-order valence-electron chi connectivity index (χ3n) is 2.58. The molecule has 1 amide bonds. The number of hydrogen-bond donors (Lipinski definition) is 2. The summed E-state index contributed by atoms with van der Waals surface area (Å²) in [5, 5.41) is 22.5. The molecule has 0 aromatic heterocycles. The largest absolute Gasteiger partial charge is 0.502 e. The molecule has 0 saturated heterocycles. The van der Waals surface area contributed by atoms with E-state index in [2.05, 4.69) is 5.32 Å². The first-order valence-corrected chi connectivity index (χ1v) is 5.62. The van der Waals surface area contributed by atoms with Gasteiger partial charge in [-0.05, 0) is 18.2 Å². The first kappa shape index (κ1) is 14.4. The Bertz CT molecular complexity index is 714. The molecule has 0 aliphatic rings. The van der Waals surface area contributed by atoms with Gasteiger partial charge in [-0.1, -0.05) is 6.07 Å². The van der Waals surface area contributed by atoms with Gasteiger partial charge in [0, 0.05) is 17.8 Å². The highest BCUT2D eigenvalue weighted by molar-refractivity contribution is 6.06. The van der Waals surface area contributed by atoms with Crippen molar-refractivity contribution in [3.05, 3.63) is 63.7 Å². The number of aromatic hydroxyl groups is 1. The molecule has 0 spiro atoms. The second-order valence-corrected chi connectivity index (χ2v) is 4.04. The Hall–Kier alpha value is -3.03. The molecule has 0 heterocycles. The molecule has 21 heavy (non-hydrogen) atoms. The maximum absolute atomic E-state index is 13.0. The number of para-hydroxylation sites is 1. The number of nitrogens with zero attached hydrogens (tertiary/aromatic N) is 1. The van der Waals surface area contributed by atoms with E-state index in [1.807, 2.05) is 0 Å². The van der Waals surface area contributed by atoms with E-state index in [1.54, 1.807) is 0 Å². The Morgan fingerprint density at radius 3 is 2.38 bits per heavy atom. The molecule has 0 radical (unpaired) electrons. The smallest absolute Gasteiger partial charge is 0.311 e. The summed E-state index contributed by atoms with van der Waals surface area (Å²) in [7, 11) is 0. The van der Waals surface area contributed by atoms with E-state index < -0.39 is 33.9 Å². The monoisotopic (exact) mass is 294 g/mol. The van der Waals surface area contributed by atoms with Gasteiger partial charge in [0.1, 0.15) is 11.6 Å². The number of hydrogen-bond acceptors (Lipinski definition) is 4. The van der Waals surface area contributed by atoms with Crippen LogP contribution < -0.4 is 5.32 Å². The van der Waals surface area contributed by atoms with E-state index in [1.165, 1.54) is 6.07 Å². The third-order valence-corrected chi connectivity index (χ3v) is 2.58. The number of phenols is 1. The van der Waals surface area contributed by atoms with Crippen molar-refractivity contribution in [1.82, 2.24) is 0 Å². The fraction of sp³-hybridized carbons (Fsp3) is 0. The molecule has 0 fully saturated rings. The number of carbonyl (C=O) groups excluding carboxylic acids is 1. The van der Waals surface area contributed by atoms with Crippen molar-refractivity contribution in [2.45, 2.75) is 0 Å². The Kier molecular flexibility index (Phi) is 3.79. The van der Waals surface area contributed by atoms with Gasteiger partial charge in [0.25, 0.3) is 5.91 Å². The molecule has 0 bridgehead atoms. The minimum atomic E-state index is -0.929. The number of nitro benzene ring substituents is 1. The van der Waals surface area contributed by atoms with Crippen molar-refractivity contribution in [2.75, 3.05) is 5.32 Å². The summed E-state index contributed by atoms with van der Waals surface area (Å²) in [6.07, 6.45) is 0. The van der Waals surface area contributed by atoms with Crippen molar-refractivity contribution >= 4 is 17.3 Å². The Balaban J connectivity index is 2.33. The molecule has 108 valence electrons. The standard InChI is InChI=1S/C13H8F2N2O4/c14-7-4-8(15)6-9(5-7)16-13(19)10-2-1-3-11(12(10)18)17(20)21/h1-6,18H,(H,16,19). The Morgan fingerprint density at radius 2 is 1.81 bits per heavy atom. The predicted molar refractivity (Wildman–Crippen MR) is 69.1 cm³/mol. The van der Waals surface area contributed by atoms with Crippen molar-refractivity contribution in [3.63, 3.8) is 0 Å². The van der Waals surface area contributed by atoms with Crippen LogP contribution in [0.15, 0.2) is 36.4 Å². The number of phenolic OH excluding ortho intramolecular Hbond substituents is 1. The van der Waals surface area contributed by atoms with Crippen LogP contribution in [0.1, 0.15) is 10.4 Å². The summed E-state index contributed by atoms with van der Waals surface area (Å²) in [6, 6.07) is 5.74. The lowest BCUT2D eigenvalue weighted by Crippen LogP contribution is -2.13. The predicted octanol–water partition coefficient (Wildman–Crippen LogP) is 2.83. The minimum absolute atomic E-state index is 0.177. The van der Waals surface area contributed by atoms with E-state index in [0.717, 1.165) is 24.3 Å². The third kappa shape index (κ3) is 3.11. The number of nitro groups is 1. The molecule has 0 saturated carbocycles. The van der Waals surface area contributed by atoms with Gasteiger partial charge in [-0.25, -0.2) is 8.78 Å². The molecule has 6 nitrogen and oxygen atoms in total. The van der Waals surface area contributed by atoms with Crippen LogP contribution in [0.3, 0.4) is 0 Å². The van der Waals surface area contributed by atoms with Crippen LogP contribution in [0.2, 0.25) is 0 Å². The molecule has 0 unspecified atom stereocenters.